The van der Waals surface area contributed by atoms with Gasteiger partial charge in [-0.05, 0) is 66.9 Å². The fraction of sp³-hybridized carbons (Fsp3) is 0.240. The summed E-state index contributed by atoms with van der Waals surface area (Å²) in [6.07, 6.45) is 3.05. The lowest BCUT2D eigenvalue weighted by atomic mass is 9.96. The highest BCUT2D eigenvalue weighted by atomic mass is 19.1. The zero-order chi connectivity index (χ0) is 24.2. The van der Waals surface area contributed by atoms with Gasteiger partial charge in [0.15, 0.2) is 5.65 Å². The molecular formula is C25H24FN7O2. The number of hydrogen-bond donors (Lipinski definition) is 2. The van der Waals surface area contributed by atoms with Crippen molar-refractivity contribution in [2.45, 2.75) is 19.4 Å². The van der Waals surface area contributed by atoms with Crippen LogP contribution in [0.3, 0.4) is 0 Å². The number of hydrogen-bond acceptors (Lipinski definition) is 6. The van der Waals surface area contributed by atoms with Gasteiger partial charge < -0.3 is 15.5 Å². The third-order valence-electron chi connectivity index (χ3n) is 6.10. The zero-order valence-corrected chi connectivity index (χ0v) is 18.9. The van der Waals surface area contributed by atoms with Crippen molar-refractivity contribution in [3.63, 3.8) is 0 Å². The minimum atomic E-state index is -0.393. The summed E-state index contributed by atoms with van der Waals surface area (Å²) in [6.45, 7) is 1.85. The third kappa shape index (κ3) is 5.26. The maximum atomic E-state index is 13.1. The summed E-state index contributed by atoms with van der Waals surface area (Å²) >= 11 is 0. The molecule has 1 saturated heterocycles. The minimum Gasteiger partial charge on any atom is -0.355 e. The molecule has 5 rings (SSSR count). The number of rotatable bonds is 6. The van der Waals surface area contributed by atoms with Crippen molar-refractivity contribution in [1.29, 1.82) is 0 Å². The number of benzene rings is 2. The summed E-state index contributed by atoms with van der Waals surface area (Å²) in [7, 11) is 0. The number of fused-ring (bicyclic) bond motifs is 1. The molecule has 178 valence electrons. The average molecular weight is 474 g/mol. The quantitative estimate of drug-likeness (QED) is 0.446. The maximum absolute atomic E-state index is 13.1. The standard InChI is InChI=1S/C25H24FN7O2/c26-20-6-4-18(5-7-20)25(35)29-21-3-1-2-17(14-21)15-27-24(34)19-10-12-32(13-11-19)23-9-8-22-30-28-16-33(22)31-23/h1-9,14,16,19H,10-13,15H2,(H,27,34)(H,29,35). The Hall–Kier alpha value is -4.34. The number of piperidine rings is 1. The van der Waals surface area contributed by atoms with Gasteiger partial charge in [0.05, 0.1) is 0 Å². The monoisotopic (exact) mass is 473 g/mol. The molecule has 2 N–H and O–H groups in total. The van der Waals surface area contributed by atoms with Crippen LogP contribution in [0.25, 0.3) is 5.65 Å². The first kappa shape index (κ1) is 22.5. The van der Waals surface area contributed by atoms with E-state index in [0.717, 1.165) is 37.3 Å². The van der Waals surface area contributed by atoms with E-state index < -0.39 is 5.82 Å². The number of anilines is 2. The molecule has 2 aromatic carbocycles. The topological polar surface area (TPSA) is 105 Å². The van der Waals surface area contributed by atoms with E-state index in [4.69, 9.17) is 0 Å². The van der Waals surface area contributed by atoms with Crippen LogP contribution in [0, 0.1) is 11.7 Å². The molecule has 0 atom stereocenters. The van der Waals surface area contributed by atoms with Gasteiger partial charge in [0.1, 0.15) is 18.0 Å². The smallest absolute Gasteiger partial charge is 0.255 e. The number of carbonyl (C=O) groups excluding carboxylic acids is 2. The fourth-order valence-electron chi connectivity index (χ4n) is 4.15. The molecule has 2 amide bonds. The van der Waals surface area contributed by atoms with E-state index in [2.05, 4.69) is 30.8 Å². The van der Waals surface area contributed by atoms with Gasteiger partial charge in [0, 0.05) is 36.8 Å². The predicted molar refractivity (Wildman–Crippen MR) is 128 cm³/mol. The highest BCUT2D eigenvalue weighted by Gasteiger charge is 2.25. The van der Waals surface area contributed by atoms with Crippen molar-refractivity contribution >= 4 is 29.0 Å². The van der Waals surface area contributed by atoms with E-state index in [1.165, 1.54) is 24.3 Å². The summed E-state index contributed by atoms with van der Waals surface area (Å²) in [5.41, 5.74) is 2.55. The molecule has 10 heteroatoms. The summed E-state index contributed by atoms with van der Waals surface area (Å²) in [6, 6.07) is 16.5. The number of amides is 2. The molecule has 0 unspecified atom stereocenters. The van der Waals surface area contributed by atoms with Crippen LogP contribution in [0.15, 0.2) is 67.0 Å². The maximum Gasteiger partial charge on any atom is 0.255 e. The molecule has 0 radical (unpaired) electrons. The summed E-state index contributed by atoms with van der Waals surface area (Å²) < 4.78 is 14.7. The molecule has 1 aliphatic heterocycles. The second-order valence-corrected chi connectivity index (χ2v) is 8.47. The molecule has 9 nitrogen and oxygen atoms in total. The van der Waals surface area contributed by atoms with Crippen molar-refractivity contribution in [3.05, 3.63) is 83.9 Å². The first-order valence-corrected chi connectivity index (χ1v) is 11.4. The van der Waals surface area contributed by atoms with Gasteiger partial charge >= 0.3 is 0 Å². The van der Waals surface area contributed by atoms with Gasteiger partial charge in [0.2, 0.25) is 5.91 Å². The van der Waals surface area contributed by atoms with E-state index in [9.17, 15) is 14.0 Å². The van der Waals surface area contributed by atoms with Gasteiger partial charge in [-0.25, -0.2) is 4.39 Å². The lowest BCUT2D eigenvalue weighted by Crippen LogP contribution is -2.40. The van der Waals surface area contributed by atoms with Crippen molar-refractivity contribution < 1.29 is 14.0 Å². The van der Waals surface area contributed by atoms with Crippen LogP contribution >= 0.6 is 0 Å². The molecule has 1 fully saturated rings. The fourth-order valence-corrected chi connectivity index (χ4v) is 4.15. The third-order valence-corrected chi connectivity index (χ3v) is 6.10. The van der Waals surface area contributed by atoms with E-state index in [1.807, 2.05) is 30.3 Å². The van der Waals surface area contributed by atoms with Crippen molar-refractivity contribution in [2.75, 3.05) is 23.3 Å². The van der Waals surface area contributed by atoms with E-state index in [1.54, 1.807) is 16.9 Å². The van der Waals surface area contributed by atoms with Gasteiger partial charge in [-0.2, -0.15) is 4.52 Å². The molecule has 4 aromatic rings. The predicted octanol–water partition coefficient (Wildman–Crippen LogP) is 3.05. The molecule has 2 aromatic heterocycles. The lowest BCUT2D eigenvalue weighted by molar-refractivity contribution is -0.125. The Morgan fingerprint density at radius 1 is 1.03 bits per heavy atom. The van der Waals surface area contributed by atoms with Crippen molar-refractivity contribution in [2.24, 2.45) is 5.92 Å². The van der Waals surface area contributed by atoms with Crippen LogP contribution in [-0.2, 0) is 11.3 Å². The Morgan fingerprint density at radius 2 is 1.83 bits per heavy atom. The van der Waals surface area contributed by atoms with Crippen LogP contribution in [0.1, 0.15) is 28.8 Å². The van der Waals surface area contributed by atoms with Crippen molar-refractivity contribution in [1.82, 2.24) is 25.1 Å². The van der Waals surface area contributed by atoms with Gasteiger partial charge in [-0.3, -0.25) is 9.59 Å². The van der Waals surface area contributed by atoms with Crippen LogP contribution < -0.4 is 15.5 Å². The van der Waals surface area contributed by atoms with Crippen molar-refractivity contribution in [3.8, 4) is 0 Å². The summed E-state index contributed by atoms with van der Waals surface area (Å²) in [4.78, 5) is 27.3. The first-order valence-electron chi connectivity index (χ1n) is 11.4. The molecule has 1 aliphatic rings. The average Bonchev–Trinajstić information content (AvgIpc) is 3.36. The van der Waals surface area contributed by atoms with E-state index in [-0.39, 0.29) is 17.7 Å². The lowest BCUT2D eigenvalue weighted by Gasteiger charge is -2.32. The van der Waals surface area contributed by atoms with E-state index >= 15 is 0 Å². The molecule has 0 saturated carbocycles. The second-order valence-electron chi connectivity index (χ2n) is 8.47. The highest BCUT2D eigenvalue weighted by molar-refractivity contribution is 6.04. The summed E-state index contributed by atoms with van der Waals surface area (Å²) in [5, 5.41) is 18.2. The summed E-state index contributed by atoms with van der Waals surface area (Å²) in [5.74, 6) is 0.0839. The Morgan fingerprint density at radius 3 is 2.63 bits per heavy atom. The number of carbonyl (C=O) groups is 2. The second kappa shape index (κ2) is 9.88. The van der Waals surface area contributed by atoms with E-state index in [0.29, 0.717) is 23.4 Å². The zero-order valence-electron chi connectivity index (χ0n) is 18.9. The molecule has 35 heavy (non-hydrogen) atoms. The molecule has 0 bridgehead atoms. The Balaban J connectivity index is 1.12. The Bertz CT molecular complexity index is 1350. The SMILES string of the molecule is O=C(Nc1cccc(CNC(=O)C2CCN(c3ccc4nncn4n3)CC2)c1)c1ccc(F)cc1. The number of nitrogens with one attached hydrogen (secondary N) is 2. The largest absolute Gasteiger partial charge is 0.355 e. The van der Waals surface area contributed by atoms with Crippen LogP contribution in [0.5, 0.6) is 0 Å². The highest BCUT2D eigenvalue weighted by Crippen LogP contribution is 2.22. The molecule has 3 heterocycles. The first-order chi connectivity index (χ1) is 17.0. The minimum absolute atomic E-state index is 0.0209. The van der Waals surface area contributed by atoms with Gasteiger partial charge in [0.25, 0.3) is 5.91 Å². The number of halogens is 1. The normalized spacial score (nSPS) is 14.1. The number of nitrogens with zero attached hydrogens (tertiary/aromatic N) is 5. The van der Waals surface area contributed by atoms with Crippen LogP contribution in [0.4, 0.5) is 15.9 Å². The van der Waals surface area contributed by atoms with Gasteiger partial charge in [-0.15, -0.1) is 15.3 Å². The van der Waals surface area contributed by atoms with Crippen LogP contribution in [0.2, 0.25) is 0 Å². The number of aromatic nitrogens is 4. The Kier molecular flexibility index (Phi) is 6.34. The van der Waals surface area contributed by atoms with Gasteiger partial charge in [-0.1, -0.05) is 12.1 Å². The molecule has 0 aliphatic carbocycles. The molecular weight excluding hydrogens is 449 g/mol. The molecule has 0 spiro atoms. The Labute approximate surface area is 201 Å². The van der Waals surface area contributed by atoms with Crippen LogP contribution in [-0.4, -0.2) is 44.7 Å².